The van der Waals surface area contributed by atoms with E-state index >= 15 is 0 Å². The van der Waals surface area contributed by atoms with Gasteiger partial charge in [0.25, 0.3) is 0 Å². The molecular formula is C23H29ClN6O2. The van der Waals surface area contributed by atoms with Crippen LogP contribution in [0.1, 0.15) is 31.7 Å². The molecule has 2 fully saturated rings. The third-order valence-corrected chi connectivity index (χ3v) is 6.45. The first-order chi connectivity index (χ1) is 15.3. The van der Waals surface area contributed by atoms with Crippen molar-refractivity contribution in [3.05, 3.63) is 47.1 Å². The summed E-state index contributed by atoms with van der Waals surface area (Å²) in [7, 11) is 3.88. The standard InChI is InChI=1S/C23H29ClN6O2/c1-23(13-20(31)30(22(25)28-23)16-9-11-32-12-10-16)17-5-4-6-18(21(17)24)27-15-7-8-19(26-14-15)29(2)3/h4-8,14,16,27H,9-13H2,1-3H3,(H2,25,28)/t23-/m0/s1. The number of hydrogen-bond donors (Lipinski definition) is 3. The van der Waals surface area contributed by atoms with Crippen molar-refractivity contribution in [1.82, 2.24) is 15.2 Å². The van der Waals surface area contributed by atoms with Crippen molar-refractivity contribution in [2.45, 2.75) is 37.8 Å². The Labute approximate surface area is 193 Å². The van der Waals surface area contributed by atoms with E-state index in [9.17, 15) is 4.79 Å². The molecule has 3 N–H and O–H groups in total. The molecule has 1 aromatic carbocycles. The highest BCUT2D eigenvalue weighted by atomic mass is 35.5. The Bertz CT molecular complexity index is 986. The Morgan fingerprint density at radius 3 is 2.66 bits per heavy atom. The number of carbonyl (C=O) groups is 1. The topological polar surface area (TPSA) is 93.6 Å². The minimum absolute atomic E-state index is 0.00177. The van der Waals surface area contributed by atoms with Gasteiger partial charge in [0, 0.05) is 33.4 Å². The summed E-state index contributed by atoms with van der Waals surface area (Å²) in [6.45, 7) is 3.14. The zero-order valence-corrected chi connectivity index (χ0v) is 19.4. The summed E-state index contributed by atoms with van der Waals surface area (Å²) in [6.07, 6.45) is 3.46. The number of halogens is 1. The van der Waals surface area contributed by atoms with E-state index in [-0.39, 0.29) is 24.3 Å². The summed E-state index contributed by atoms with van der Waals surface area (Å²) in [5, 5.41) is 15.6. The zero-order chi connectivity index (χ0) is 22.9. The maximum absolute atomic E-state index is 13.1. The van der Waals surface area contributed by atoms with Gasteiger partial charge in [-0.05, 0) is 43.5 Å². The molecule has 0 unspecified atom stereocenters. The molecular weight excluding hydrogens is 428 g/mol. The molecule has 0 spiro atoms. The molecule has 0 aliphatic carbocycles. The van der Waals surface area contributed by atoms with Gasteiger partial charge < -0.3 is 20.3 Å². The predicted octanol–water partition coefficient (Wildman–Crippen LogP) is 3.70. The highest BCUT2D eigenvalue weighted by molar-refractivity contribution is 6.34. The Balaban J connectivity index is 1.56. The summed E-state index contributed by atoms with van der Waals surface area (Å²) in [5.74, 6) is 0.912. The van der Waals surface area contributed by atoms with Crippen molar-refractivity contribution >= 4 is 40.7 Å². The van der Waals surface area contributed by atoms with Crippen LogP contribution in [0.25, 0.3) is 0 Å². The van der Waals surface area contributed by atoms with E-state index in [0.29, 0.717) is 18.2 Å². The van der Waals surface area contributed by atoms with Crippen LogP contribution < -0.4 is 15.5 Å². The number of ether oxygens (including phenoxy) is 1. The summed E-state index contributed by atoms with van der Waals surface area (Å²) in [6, 6.07) is 9.56. The molecule has 8 nitrogen and oxygen atoms in total. The van der Waals surface area contributed by atoms with Crippen molar-refractivity contribution in [1.29, 1.82) is 5.41 Å². The van der Waals surface area contributed by atoms with Crippen LogP contribution in [0.2, 0.25) is 5.02 Å². The molecule has 32 heavy (non-hydrogen) atoms. The second-order valence-corrected chi connectivity index (χ2v) is 9.06. The summed E-state index contributed by atoms with van der Waals surface area (Å²) < 4.78 is 5.41. The minimum atomic E-state index is -0.780. The lowest BCUT2D eigenvalue weighted by Crippen LogP contribution is -2.62. The number of anilines is 3. The van der Waals surface area contributed by atoms with Gasteiger partial charge >= 0.3 is 0 Å². The number of rotatable bonds is 5. The zero-order valence-electron chi connectivity index (χ0n) is 18.6. The Hall–Kier alpha value is -2.84. The quantitative estimate of drug-likeness (QED) is 0.635. The maximum Gasteiger partial charge on any atom is 0.232 e. The van der Waals surface area contributed by atoms with Gasteiger partial charge in [-0.3, -0.25) is 15.1 Å². The third kappa shape index (κ3) is 4.38. The van der Waals surface area contributed by atoms with E-state index in [1.807, 2.05) is 56.3 Å². The highest BCUT2D eigenvalue weighted by Crippen LogP contribution is 2.39. The molecule has 1 aromatic heterocycles. The van der Waals surface area contributed by atoms with Gasteiger partial charge in [-0.25, -0.2) is 4.98 Å². The third-order valence-electron chi connectivity index (χ3n) is 6.04. The number of aromatic nitrogens is 1. The van der Waals surface area contributed by atoms with Gasteiger partial charge in [0.15, 0.2) is 5.96 Å². The molecule has 3 heterocycles. The first-order valence-electron chi connectivity index (χ1n) is 10.7. The van der Waals surface area contributed by atoms with Crippen molar-refractivity contribution in [3.8, 4) is 0 Å². The number of benzene rings is 1. The van der Waals surface area contributed by atoms with Crippen LogP contribution >= 0.6 is 11.6 Å². The number of guanidine groups is 1. The fraction of sp³-hybridized carbons (Fsp3) is 0.435. The molecule has 1 amide bonds. The Morgan fingerprint density at radius 2 is 2.03 bits per heavy atom. The average molecular weight is 457 g/mol. The van der Waals surface area contributed by atoms with Gasteiger partial charge in [0.2, 0.25) is 5.91 Å². The SMILES string of the molecule is CN(C)c1ccc(Nc2cccc([C@]3(C)CC(=O)N(C4CCOCC4)C(=N)N3)c2Cl)cn1. The molecule has 2 aliphatic heterocycles. The van der Waals surface area contributed by atoms with E-state index in [4.69, 9.17) is 21.7 Å². The first kappa shape index (κ1) is 22.4. The van der Waals surface area contributed by atoms with Crippen molar-refractivity contribution in [2.75, 3.05) is 37.5 Å². The number of amides is 1. The largest absolute Gasteiger partial charge is 0.381 e. The molecule has 0 radical (unpaired) electrons. The van der Waals surface area contributed by atoms with Crippen LogP contribution in [-0.4, -0.2) is 55.1 Å². The normalized spacial score (nSPS) is 21.9. The van der Waals surface area contributed by atoms with E-state index < -0.39 is 5.54 Å². The van der Waals surface area contributed by atoms with Crippen LogP contribution in [0.15, 0.2) is 36.5 Å². The molecule has 170 valence electrons. The van der Waals surface area contributed by atoms with Crippen LogP contribution in [0, 0.1) is 5.41 Å². The van der Waals surface area contributed by atoms with Gasteiger partial charge in [-0.1, -0.05) is 23.7 Å². The van der Waals surface area contributed by atoms with Gasteiger partial charge in [0.05, 0.1) is 34.6 Å². The molecule has 4 rings (SSSR count). The van der Waals surface area contributed by atoms with Crippen LogP contribution in [0.5, 0.6) is 0 Å². The summed E-state index contributed by atoms with van der Waals surface area (Å²) in [5.41, 5.74) is 1.52. The number of carbonyl (C=O) groups excluding carboxylic acids is 1. The molecule has 1 atom stereocenters. The first-order valence-corrected chi connectivity index (χ1v) is 11.1. The van der Waals surface area contributed by atoms with Gasteiger partial charge in [-0.2, -0.15) is 0 Å². The summed E-state index contributed by atoms with van der Waals surface area (Å²) in [4.78, 5) is 21.0. The van der Waals surface area contributed by atoms with E-state index in [1.54, 1.807) is 11.1 Å². The van der Waals surface area contributed by atoms with E-state index in [1.165, 1.54) is 0 Å². The monoisotopic (exact) mass is 456 g/mol. The lowest BCUT2D eigenvalue weighted by atomic mass is 9.85. The van der Waals surface area contributed by atoms with Crippen LogP contribution in [-0.2, 0) is 15.1 Å². The van der Waals surface area contributed by atoms with Crippen LogP contribution in [0.3, 0.4) is 0 Å². The molecule has 0 bridgehead atoms. The highest BCUT2D eigenvalue weighted by Gasteiger charge is 2.43. The molecule has 9 heteroatoms. The summed E-state index contributed by atoms with van der Waals surface area (Å²) >= 11 is 6.80. The Kier molecular flexibility index (Phi) is 6.26. The Morgan fingerprint density at radius 1 is 1.28 bits per heavy atom. The number of hydrogen-bond acceptors (Lipinski definition) is 6. The molecule has 2 saturated heterocycles. The van der Waals surface area contributed by atoms with Crippen molar-refractivity contribution in [2.24, 2.45) is 0 Å². The average Bonchev–Trinajstić information content (AvgIpc) is 2.75. The van der Waals surface area contributed by atoms with E-state index in [2.05, 4.69) is 15.6 Å². The van der Waals surface area contributed by atoms with Gasteiger partial charge in [0.1, 0.15) is 5.82 Å². The second-order valence-electron chi connectivity index (χ2n) is 8.68. The van der Waals surface area contributed by atoms with Gasteiger partial charge in [-0.15, -0.1) is 0 Å². The van der Waals surface area contributed by atoms with Crippen molar-refractivity contribution in [3.63, 3.8) is 0 Å². The van der Waals surface area contributed by atoms with E-state index in [0.717, 1.165) is 35.6 Å². The number of pyridine rings is 1. The molecule has 2 aliphatic rings. The lowest BCUT2D eigenvalue weighted by molar-refractivity contribution is -0.133. The lowest BCUT2D eigenvalue weighted by Gasteiger charge is -2.45. The molecule has 0 saturated carbocycles. The molecule has 2 aromatic rings. The minimum Gasteiger partial charge on any atom is -0.381 e. The number of nitrogens with zero attached hydrogens (tertiary/aromatic N) is 3. The maximum atomic E-state index is 13.1. The second kappa shape index (κ2) is 8.96. The number of nitrogens with one attached hydrogen (secondary N) is 3. The predicted molar refractivity (Wildman–Crippen MR) is 127 cm³/mol. The van der Waals surface area contributed by atoms with Crippen LogP contribution in [0.4, 0.5) is 17.2 Å². The fourth-order valence-electron chi connectivity index (χ4n) is 4.30. The fourth-order valence-corrected chi connectivity index (χ4v) is 4.69. The van der Waals surface area contributed by atoms with Crippen molar-refractivity contribution < 1.29 is 9.53 Å². The smallest absolute Gasteiger partial charge is 0.232 e.